The number of piperidine rings is 2. The van der Waals surface area contributed by atoms with Crippen LogP contribution in [0.2, 0.25) is 0 Å². The van der Waals surface area contributed by atoms with Crippen LogP contribution in [-0.4, -0.2) is 121 Å². The van der Waals surface area contributed by atoms with Crippen LogP contribution in [0.1, 0.15) is 60.5 Å². The Kier molecular flexibility index (Phi) is 9.39. The summed E-state index contributed by atoms with van der Waals surface area (Å²) in [5.74, 6) is 2.27. The Morgan fingerprint density at radius 2 is 1.63 bits per heavy atom. The molecule has 4 aromatic rings. The Morgan fingerprint density at radius 1 is 0.864 bits per heavy atom. The molecule has 6 aliphatic heterocycles. The molecule has 0 radical (unpaired) electrons. The second-order valence-electron chi connectivity index (χ2n) is 17.8. The molecular formula is C45H52N8O6. The van der Waals surface area contributed by atoms with E-state index in [0.717, 1.165) is 116 Å². The molecule has 14 nitrogen and oxygen atoms in total. The molecule has 2 atom stereocenters. The number of H-pyrrole nitrogens is 1. The number of methoxy groups -OCH3 is 2. The van der Waals surface area contributed by atoms with E-state index in [1.807, 2.05) is 18.2 Å². The Labute approximate surface area is 343 Å². The number of imide groups is 1. The number of nitrogens with zero attached hydrogens (tertiary/aromatic N) is 6. The fraction of sp³-hybridized carbons (Fsp3) is 0.489. The van der Waals surface area contributed by atoms with Gasteiger partial charge in [0.1, 0.15) is 23.4 Å². The third-order valence-corrected chi connectivity index (χ3v) is 14.1. The van der Waals surface area contributed by atoms with Crippen molar-refractivity contribution in [2.75, 3.05) is 76.4 Å². The average Bonchev–Trinajstić information content (AvgIpc) is 3.53. The average molecular weight is 801 g/mol. The van der Waals surface area contributed by atoms with Crippen molar-refractivity contribution in [3.8, 4) is 22.6 Å². The van der Waals surface area contributed by atoms with Gasteiger partial charge in [0.15, 0.2) is 0 Å². The van der Waals surface area contributed by atoms with Crippen LogP contribution in [-0.2, 0) is 22.7 Å². The van der Waals surface area contributed by atoms with E-state index in [1.54, 1.807) is 31.5 Å². The van der Waals surface area contributed by atoms with Gasteiger partial charge in [0.25, 0.3) is 11.5 Å². The Bertz CT molecular complexity index is 2390. The molecule has 59 heavy (non-hydrogen) atoms. The number of anilines is 2. The molecule has 0 saturated carbocycles. The second kappa shape index (κ2) is 14.7. The summed E-state index contributed by atoms with van der Waals surface area (Å²) in [6.45, 7) is 11.7. The van der Waals surface area contributed by atoms with Crippen LogP contribution in [0.25, 0.3) is 21.9 Å². The van der Waals surface area contributed by atoms with E-state index in [1.165, 1.54) is 12.8 Å². The van der Waals surface area contributed by atoms with Crippen LogP contribution < -0.4 is 30.1 Å². The number of nitrogens with one attached hydrogen (secondary N) is 2. The molecule has 14 heteroatoms. The van der Waals surface area contributed by atoms with Gasteiger partial charge in [0.05, 0.1) is 25.2 Å². The molecule has 5 fully saturated rings. The van der Waals surface area contributed by atoms with Gasteiger partial charge in [0.2, 0.25) is 11.8 Å². The Hall–Kier alpha value is -5.47. The highest BCUT2D eigenvalue weighted by molar-refractivity contribution is 6.05. The van der Waals surface area contributed by atoms with Crippen molar-refractivity contribution in [3.63, 3.8) is 0 Å². The van der Waals surface area contributed by atoms with Crippen molar-refractivity contribution >= 4 is 40.0 Å². The van der Waals surface area contributed by atoms with E-state index in [0.29, 0.717) is 41.3 Å². The SMILES string of the molecule is COc1cc(-c2c[nH]c(=O)c3cnc(N4CC[C@H]4C)cc23)cc(OC)c1CN1CC(CN2CCC3(CC2)CN(c2ccc4c(c2)C(=O)N(C2CCC(=O)NC2=O)C4)C3)C1. The maximum atomic E-state index is 13.4. The molecule has 0 aliphatic carbocycles. The summed E-state index contributed by atoms with van der Waals surface area (Å²) >= 11 is 0. The van der Waals surface area contributed by atoms with E-state index < -0.39 is 6.04 Å². The lowest BCUT2D eigenvalue weighted by atomic mass is 9.71. The van der Waals surface area contributed by atoms with E-state index in [-0.39, 0.29) is 29.7 Å². The molecule has 6 aliphatic rings. The fourth-order valence-electron chi connectivity index (χ4n) is 10.4. The van der Waals surface area contributed by atoms with Gasteiger partial charge in [-0.1, -0.05) is 6.07 Å². The zero-order valence-electron chi connectivity index (χ0n) is 34.1. The number of likely N-dealkylation sites (tertiary alicyclic amines) is 2. The van der Waals surface area contributed by atoms with Crippen LogP contribution >= 0.6 is 0 Å². The lowest BCUT2D eigenvalue weighted by Gasteiger charge is -2.55. The molecule has 0 bridgehead atoms. The third kappa shape index (κ3) is 6.70. The van der Waals surface area contributed by atoms with Crippen LogP contribution in [0.3, 0.4) is 0 Å². The summed E-state index contributed by atoms with van der Waals surface area (Å²) in [4.78, 5) is 69.2. The number of amides is 3. The minimum atomic E-state index is -0.593. The van der Waals surface area contributed by atoms with Crippen molar-refractivity contribution in [2.45, 2.75) is 64.2 Å². The van der Waals surface area contributed by atoms with Crippen molar-refractivity contribution < 1.29 is 23.9 Å². The number of carbonyl (C=O) groups is 3. The molecule has 308 valence electrons. The minimum absolute atomic E-state index is 0.120. The second-order valence-corrected chi connectivity index (χ2v) is 17.8. The molecule has 5 saturated heterocycles. The van der Waals surface area contributed by atoms with Crippen molar-refractivity contribution in [1.82, 2.24) is 30.0 Å². The van der Waals surface area contributed by atoms with Gasteiger partial charge in [-0.2, -0.15) is 0 Å². The van der Waals surface area contributed by atoms with Crippen molar-refractivity contribution in [3.05, 3.63) is 75.8 Å². The number of fused-ring (bicyclic) bond motifs is 2. The zero-order chi connectivity index (χ0) is 40.6. The Balaban J connectivity index is 0.730. The minimum Gasteiger partial charge on any atom is -0.496 e. The maximum absolute atomic E-state index is 13.4. The standard InChI is InChI=1S/C45H52N8O6/c1-27-8-11-52(27)40-17-33-34(18-47-42(55)35(33)19-46-40)30-14-38(58-2)36(39(15-30)59-3)24-50-21-28(22-50)20-49-12-9-45(10-13-49)25-51(26-45)31-5-4-29-23-53(44(57)32(29)16-31)37-6-7-41(54)48-43(37)56/h4-5,14-19,27-28,37H,6-13,20-26H2,1-3H3,(H,47,55)(H,48,54,56)/t27-,37?/m1/s1. The number of carbonyl (C=O) groups excluding carboxylic acids is 3. The maximum Gasteiger partial charge on any atom is 0.257 e. The number of pyridine rings is 2. The molecule has 2 aromatic heterocycles. The highest BCUT2D eigenvalue weighted by Gasteiger charge is 2.46. The predicted molar refractivity (Wildman–Crippen MR) is 224 cm³/mol. The van der Waals surface area contributed by atoms with Gasteiger partial charge < -0.3 is 34.1 Å². The highest BCUT2D eigenvalue weighted by atomic mass is 16.5. The molecule has 2 aromatic carbocycles. The third-order valence-electron chi connectivity index (χ3n) is 14.1. The molecule has 1 spiro atoms. The molecule has 3 amide bonds. The van der Waals surface area contributed by atoms with Crippen LogP contribution in [0, 0.1) is 11.3 Å². The number of hydrogen-bond acceptors (Lipinski definition) is 11. The predicted octanol–water partition coefficient (Wildman–Crippen LogP) is 4.00. The van der Waals surface area contributed by atoms with Gasteiger partial charge in [-0.15, -0.1) is 0 Å². The van der Waals surface area contributed by atoms with Gasteiger partial charge in [-0.05, 0) is 93.1 Å². The summed E-state index contributed by atoms with van der Waals surface area (Å²) in [6, 6.07) is 12.1. The molecule has 1 unspecified atom stereocenters. The van der Waals surface area contributed by atoms with Crippen LogP contribution in [0.4, 0.5) is 11.5 Å². The van der Waals surface area contributed by atoms with E-state index in [9.17, 15) is 19.2 Å². The highest BCUT2D eigenvalue weighted by Crippen LogP contribution is 2.44. The van der Waals surface area contributed by atoms with Gasteiger partial charge in [-0.3, -0.25) is 29.4 Å². The van der Waals surface area contributed by atoms with Crippen molar-refractivity contribution in [1.29, 1.82) is 0 Å². The largest absolute Gasteiger partial charge is 0.496 e. The lowest BCUT2D eigenvalue weighted by molar-refractivity contribution is -0.136. The normalized spacial score (nSPS) is 23.2. The molecular weight excluding hydrogens is 749 g/mol. The van der Waals surface area contributed by atoms with Crippen LogP contribution in [0.5, 0.6) is 11.5 Å². The summed E-state index contributed by atoms with van der Waals surface area (Å²) in [5.41, 5.74) is 5.69. The van der Waals surface area contributed by atoms with Gasteiger partial charge in [0, 0.05) is 105 Å². The number of aromatic nitrogens is 2. The fourth-order valence-corrected chi connectivity index (χ4v) is 10.4. The first-order valence-electron chi connectivity index (χ1n) is 21.1. The smallest absolute Gasteiger partial charge is 0.257 e. The van der Waals surface area contributed by atoms with E-state index >= 15 is 0 Å². The Morgan fingerprint density at radius 3 is 2.31 bits per heavy atom. The summed E-state index contributed by atoms with van der Waals surface area (Å²) in [7, 11) is 3.41. The number of rotatable bonds is 10. The summed E-state index contributed by atoms with van der Waals surface area (Å²) in [6.07, 6.45) is 7.58. The first-order valence-corrected chi connectivity index (χ1v) is 21.1. The molecule has 8 heterocycles. The molecule has 2 N–H and O–H groups in total. The van der Waals surface area contributed by atoms with Gasteiger partial charge >= 0.3 is 0 Å². The zero-order valence-corrected chi connectivity index (χ0v) is 34.1. The summed E-state index contributed by atoms with van der Waals surface area (Å²) < 4.78 is 12.0. The summed E-state index contributed by atoms with van der Waals surface area (Å²) in [5, 5.41) is 3.80. The monoisotopic (exact) mass is 800 g/mol. The van der Waals surface area contributed by atoms with Gasteiger partial charge in [-0.25, -0.2) is 4.98 Å². The lowest BCUT2D eigenvalue weighted by Crippen LogP contribution is -2.61. The quantitative estimate of drug-likeness (QED) is 0.225. The van der Waals surface area contributed by atoms with Crippen LogP contribution in [0.15, 0.2) is 53.6 Å². The number of hydrogen-bond donors (Lipinski definition) is 2. The van der Waals surface area contributed by atoms with E-state index in [2.05, 4.69) is 60.0 Å². The van der Waals surface area contributed by atoms with E-state index in [4.69, 9.17) is 9.47 Å². The molecule has 10 rings (SSSR count). The first-order chi connectivity index (χ1) is 28.6. The van der Waals surface area contributed by atoms with Crippen molar-refractivity contribution in [2.24, 2.45) is 11.3 Å². The number of aromatic amines is 1. The number of ether oxygens (including phenoxy) is 2. The topological polar surface area (TPSA) is 144 Å². The first kappa shape index (κ1) is 37.8. The number of benzene rings is 2.